The first-order chi connectivity index (χ1) is 9.18. The number of aryl methyl sites for hydroxylation is 1. The van der Waals surface area contributed by atoms with Crippen LogP contribution in [0.25, 0.3) is 11.1 Å². The number of rotatable bonds is 5. The minimum atomic E-state index is -3.03. The van der Waals surface area contributed by atoms with Gasteiger partial charge < -0.3 is 9.84 Å². The Labute approximate surface area is 117 Å². The monoisotopic (exact) mass is 298 g/mol. The Kier molecular flexibility index (Phi) is 3.68. The number of fused-ring (bicyclic) bond motifs is 1. The fraction of sp³-hybridized carbons (Fsp3) is 0.583. The second kappa shape index (κ2) is 5.01. The van der Waals surface area contributed by atoms with Gasteiger partial charge in [-0.1, -0.05) is 19.0 Å². The molecule has 8 heteroatoms. The number of sulfone groups is 1. The molecular weight excluding hydrogens is 280 g/mol. The van der Waals surface area contributed by atoms with E-state index in [0.29, 0.717) is 23.8 Å². The first-order valence-corrected chi connectivity index (χ1v) is 8.23. The zero-order valence-electron chi connectivity index (χ0n) is 12.0. The molecule has 2 heterocycles. The minimum Gasteiger partial charge on any atom is -0.369 e. The lowest BCUT2D eigenvalue weighted by atomic mass is 9.96. The van der Waals surface area contributed by atoms with Gasteiger partial charge in [0.25, 0.3) is 5.71 Å². The number of hydrogen-bond donors (Lipinski definition) is 1. The van der Waals surface area contributed by atoms with Gasteiger partial charge in [-0.25, -0.2) is 13.4 Å². The molecule has 0 bridgehead atoms. The lowest BCUT2D eigenvalue weighted by Gasteiger charge is -2.24. The van der Waals surface area contributed by atoms with Crippen LogP contribution in [-0.2, 0) is 9.84 Å². The SMILES string of the molecule is Cc1noc2ncnc(NCC(C)(C)CS(C)(=O)=O)c12. The van der Waals surface area contributed by atoms with Crippen molar-refractivity contribution in [3.63, 3.8) is 0 Å². The van der Waals surface area contributed by atoms with E-state index in [1.54, 1.807) is 0 Å². The zero-order chi connectivity index (χ0) is 15.0. The number of aromatic nitrogens is 3. The highest BCUT2D eigenvalue weighted by Crippen LogP contribution is 2.24. The quantitative estimate of drug-likeness (QED) is 0.891. The van der Waals surface area contributed by atoms with Gasteiger partial charge in [0.05, 0.1) is 11.4 Å². The molecule has 0 aromatic carbocycles. The molecule has 0 radical (unpaired) electrons. The molecule has 20 heavy (non-hydrogen) atoms. The third-order valence-electron chi connectivity index (χ3n) is 2.83. The Morgan fingerprint density at radius 2 is 2.05 bits per heavy atom. The van der Waals surface area contributed by atoms with Crippen molar-refractivity contribution in [2.45, 2.75) is 20.8 Å². The fourth-order valence-electron chi connectivity index (χ4n) is 2.14. The zero-order valence-corrected chi connectivity index (χ0v) is 12.8. The van der Waals surface area contributed by atoms with Crippen LogP contribution in [-0.4, -0.2) is 42.1 Å². The summed E-state index contributed by atoms with van der Waals surface area (Å²) in [7, 11) is -3.03. The molecule has 2 rings (SSSR count). The molecule has 0 saturated carbocycles. The van der Waals surface area contributed by atoms with Gasteiger partial charge in [-0.2, -0.15) is 4.98 Å². The molecule has 0 unspecified atom stereocenters. The maximum atomic E-state index is 11.4. The lowest BCUT2D eigenvalue weighted by molar-refractivity contribution is 0.439. The van der Waals surface area contributed by atoms with E-state index in [1.807, 2.05) is 20.8 Å². The molecule has 0 fully saturated rings. The van der Waals surface area contributed by atoms with Crippen molar-refractivity contribution in [3.8, 4) is 0 Å². The molecule has 0 aliphatic heterocycles. The molecule has 0 aliphatic rings. The van der Waals surface area contributed by atoms with E-state index in [1.165, 1.54) is 12.6 Å². The molecule has 0 atom stereocenters. The van der Waals surface area contributed by atoms with E-state index in [9.17, 15) is 8.42 Å². The summed E-state index contributed by atoms with van der Waals surface area (Å²) in [5.41, 5.74) is 0.709. The third kappa shape index (κ3) is 3.44. The third-order valence-corrected chi connectivity index (χ3v) is 4.14. The summed E-state index contributed by atoms with van der Waals surface area (Å²) in [5, 5.41) is 7.73. The van der Waals surface area contributed by atoms with E-state index in [-0.39, 0.29) is 5.75 Å². The Balaban J connectivity index is 2.19. The average molecular weight is 298 g/mol. The summed E-state index contributed by atoms with van der Waals surface area (Å²) in [4.78, 5) is 8.16. The lowest BCUT2D eigenvalue weighted by Crippen LogP contribution is -2.31. The largest absolute Gasteiger partial charge is 0.369 e. The number of nitrogens with one attached hydrogen (secondary N) is 1. The van der Waals surface area contributed by atoms with Gasteiger partial charge in [0.15, 0.2) is 0 Å². The second-order valence-electron chi connectivity index (χ2n) is 5.76. The predicted octanol–water partition coefficient (Wildman–Crippen LogP) is 1.41. The van der Waals surface area contributed by atoms with Gasteiger partial charge >= 0.3 is 0 Å². The molecule has 110 valence electrons. The maximum absolute atomic E-state index is 11.4. The molecular formula is C12H18N4O3S. The second-order valence-corrected chi connectivity index (χ2v) is 7.90. The molecule has 0 saturated heterocycles. The van der Waals surface area contributed by atoms with Crippen LogP contribution in [0.3, 0.4) is 0 Å². The number of anilines is 1. The van der Waals surface area contributed by atoms with Crippen molar-refractivity contribution in [1.82, 2.24) is 15.1 Å². The molecule has 2 aromatic rings. The van der Waals surface area contributed by atoms with Gasteiger partial charge in [0.1, 0.15) is 27.4 Å². The van der Waals surface area contributed by atoms with Crippen LogP contribution in [0, 0.1) is 12.3 Å². The highest BCUT2D eigenvalue weighted by atomic mass is 32.2. The van der Waals surface area contributed by atoms with E-state index >= 15 is 0 Å². The van der Waals surface area contributed by atoms with E-state index < -0.39 is 15.3 Å². The van der Waals surface area contributed by atoms with E-state index in [4.69, 9.17) is 4.52 Å². The van der Waals surface area contributed by atoms with Crippen LogP contribution in [0.2, 0.25) is 0 Å². The molecule has 7 nitrogen and oxygen atoms in total. The molecule has 0 amide bonds. The van der Waals surface area contributed by atoms with E-state index in [0.717, 1.165) is 5.39 Å². The Bertz CT molecular complexity index is 721. The summed E-state index contributed by atoms with van der Waals surface area (Å²) in [6, 6.07) is 0. The number of nitrogens with zero attached hydrogens (tertiary/aromatic N) is 3. The van der Waals surface area contributed by atoms with Crippen molar-refractivity contribution in [3.05, 3.63) is 12.0 Å². The van der Waals surface area contributed by atoms with Crippen LogP contribution in [0.1, 0.15) is 19.5 Å². The van der Waals surface area contributed by atoms with Crippen LogP contribution < -0.4 is 5.32 Å². The van der Waals surface area contributed by atoms with Gasteiger partial charge in [-0.05, 0) is 12.3 Å². The topological polar surface area (TPSA) is 98.0 Å². The smallest absolute Gasteiger partial charge is 0.263 e. The molecule has 0 aliphatic carbocycles. The maximum Gasteiger partial charge on any atom is 0.263 e. The summed E-state index contributed by atoms with van der Waals surface area (Å²) >= 11 is 0. The summed E-state index contributed by atoms with van der Waals surface area (Å²) < 4.78 is 27.9. The first kappa shape index (κ1) is 14.7. The Morgan fingerprint density at radius 3 is 2.70 bits per heavy atom. The predicted molar refractivity (Wildman–Crippen MR) is 76.3 cm³/mol. The van der Waals surface area contributed by atoms with Crippen LogP contribution >= 0.6 is 0 Å². The fourth-order valence-corrected chi connectivity index (χ4v) is 3.66. The standard InChI is InChI=1S/C12H18N4O3S/c1-8-9-10(14-7-15-11(9)19-16-8)13-5-12(2,3)6-20(4,17)18/h7H,5-6H2,1-4H3,(H,13,14,15). The first-order valence-electron chi connectivity index (χ1n) is 6.16. The van der Waals surface area contributed by atoms with Crippen LogP contribution in [0.15, 0.2) is 10.9 Å². The van der Waals surface area contributed by atoms with Gasteiger partial charge in [-0.3, -0.25) is 0 Å². The van der Waals surface area contributed by atoms with Crippen molar-refractivity contribution >= 4 is 26.8 Å². The highest BCUT2D eigenvalue weighted by molar-refractivity contribution is 7.90. The molecule has 2 aromatic heterocycles. The summed E-state index contributed by atoms with van der Waals surface area (Å²) in [5.74, 6) is 0.708. The van der Waals surface area contributed by atoms with Crippen molar-refractivity contribution in [1.29, 1.82) is 0 Å². The van der Waals surface area contributed by atoms with Gasteiger partial charge in [0.2, 0.25) is 0 Å². The van der Waals surface area contributed by atoms with E-state index in [2.05, 4.69) is 20.4 Å². The minimum absolute atomic E-state index is 0.101. The number of hydrogen-bond acceptors (Lipinski definition) is 7. The van der Waals surface area contributed by atoms with Crippen molar-refractivity contribution < 1.29 is 12.9 Å². The van der Waals surface area contributed by atoms with Gasteiger partial charge in [-0.15, -0.1) is 0 Å². The van der Waals surface area contributed by atoms with Crippen molar-refractivity contribution in [2.24, 2.45) is 5.41 Å². The highest BCUT2D eigenvalue weighted by Gasteiger charge is 2.24. The summed E-state index contributed by atoms with van der Waals surface area (Å²) in [6.45, 7) is 6.05. The van der Waals surface area contributed by atoms with Crippen LogP contribution in [0.5, 0.6) is 0 Å². The van der Waals surface area contributed by atoms with Crippen LogP contribution in [0.4, 0.5) is 5.82 Å². The Morgan fingerprint density at radius 1 is 1.35 bits per heavy atom. The molecule has 1 N–H and O–H groups in total. The molecule has 0 spiro atoms. The van der Waals surface area contributed by atoms with Gasteiger partial charge in [0, 0.05) is 12.8 Å². The average Bonchev–Trinajstić information content (AvgIpc) is 2.66. The normalized spacial score (nSPS) is 12.8. The Hall–Kier alpha value is -1.70. The van der Waals surface area contributed by atoms with Crippen molar-refractivity contribution in [2.75, 3.05) is 23.9 Å². The summed E-state index contributed by atoms with van der Waals surface area (Å²) in [6.07, 6.45) is 2.63.